The molecule has 0 aromatic heterocycles. The number of anilines is 1. The zero-order valence-electron chi connectivity index (χ0n) is 10.3. The molecule has 0 bridgehead atoms. The molecule has 0 radical (unpaired) electrons. The van der Waals surface area contributed by atoms with Crippen LogP contribution >= 0.6 is 0 Å². The molecule has 2 aliphatic carbocycles. The average Bonchev–Trinajstić information content (AvgIpc) is 2.98. The van der Waals surface area contributed by atoms with Gasteiger partial charge in [-0.3, -0.25) is 4.79 Å². The Hall–Kier alpha value is -1.65. The van der Waals surface area contributed by atoms with E-state index in [1.54, 1.807) is 18.2 Å². The van der Waals surface area contributed by atoms with Crippen molar-refractivity contribution in [1.82, 2.24) is 0 Å². The molecule has 19 heavy (non-hydrogen) atoms. The topological polar surface area (TPSA) is 38.3 Å². The molecule has 2 unspecified atom stereocenters. The molecule has 1 N–H and O–H groups in total. The van der Waals surface area contributed by atoms with Crippen molar-refractivity contribution in [2.45, 2.75) is 25.9 Å². The van der Waals surface area contributed by atoms with Crippen LogP contribution in [0.2, 0.25) is 0 Å². The maximum Gasteiger partial charge on any atom is 0.387 e. The standard InChI is InChI=1S/C14H15F2NO2/c15-14(16)19-12-4-2-1-3-11(12)17-13(18)10-6-8-5-9(8)7-10/h1-4,8-10,14H,5-7H2,(H,17,18). The smallest absolute Gasteiger partial charge is 0.387 e. The molecule has 2 fully saturated rings. The fourth-order valence-electron chi connectivity index (χ4n) is 2.93. The van der Waals surface area contributed by atoms with Crippen LogP contribution in [0.4, 0.5) is 14.5 Å². The lowest BCUT2D eigenvalue weighted by molar-refractivity contribution is -0.120. The first-order chi connectivity index (χ1) is 9.13. The predicted octanol–water partition coefficient (Wildman–Crippen LogP) is 3.27. The second-order valence-electron chi connectivity index (χ2n) is 5.29. The molecule has 0 saturated heterocycles. The molecule has 102 valence electrons. The molecule has 2 aliphatic rings. The third-order valence-corrected chi connectivity index (χ3v) is 3.98. The summed E-state index contributed by atoms with van der Waals surface area (Å²) in [6.07, 6.45) is 3.09. The highest BCUT2D eigenvalue weighted by Crippen LogP contribution is 2.54. The van der Waals surface area contributed by atoms with Crippen LogP contribution in [0, 0.1) is 17.8 Å². The molecule has 1 aromatic carbocycles. The van der Waals surface area contributed by atoms with Crippen molar-refractivity contribution >= 4 is 11.6 Å². The van der Waals surface area contributed by atoms with E-state index in [1.165, 1.54) is 12.5 Å². The number of hydrogen-bond donors (Lipinski definition) is 1. The van der Waals surface area contributed by atoms with Gasteiger partial charge in [-0.15, -0.1) is 0 Å². The normalized spacial score (nSPS) is 28.1. The van der Waals surface area contributed by atoms with Crippen LogP contribution in [0.1, 0.15) is 19.3 Å². The van der Waals surface area contributed by atoms with E-state index in [0.717, 1.165) is 12.8 Å². The number of carbonyl (C=O) groups is 1. The Kier molecular flexibility index (Phi) is 3.12. The number of benzene rings is 1. The molecule has 0 heterocycles. The summed E-state index contributed by atoms with van der Waals surface area (Å²) in [7, 11) is 0. The second kappa shape index (κ2) is 4.79. The highest BCUT2D eigenvalue weighted by atomic mass is 19.3. The first kappa shape index (κ1) is 12.4. The van der Waals surface area contributed by atoms with Gasteiger partial charge in [0, 0.05) is 5.92 Å². The highest BCUT2D eigenvalue weighted by Gasteiger charge is 2.48. The summed E-state index contributed by atoms with van der Waals surface area (Å²) in [4.78, 5) is 12.1. The molecular weight excluding hydrogens is 252 g/mol. The lowest BCUT2D eigenvalue weighted by Crippen LogP contribution is -2.22. The van der Waals surface area contributed by atoms with Gasteiger partial charge >= 0.3 is 6.61 Å². The Labute approximate surface area is 109 Å². The van der Waals surface area contributed by atoms with Crippen LogP contribution in [0.15, 0.2) is 24.3 Å². The number of carbonyl (C=O) groups excluding carboxylic acids is 1. The highest BCUT2D eigenvalue weighted by molar-refractivity contribution is 5.94. The van der Waals surface area contributed by atoms with Crippen molar-refractivity contribution in [3.63, 3.8) is 0 Å². The lowest BCUT2D eigenvalue weighted by Gasteiger charge is -2.15. The summed E-state index contributed by atoms with van der Waals surface area (Å²) in [5.41, 5.74) is 0.313. The predicted molar refractivity (Wildman–Crippen MR) is 66.0 cm³/mol. The van der Waals surface area contributed by atoms with E-state index in [1.807, 2.05) is 0 Å². The van der Waals surface area contributed by atoms with Gasteiger partial charge in [0.05, 0.1) is 5.69 Å². The van der Waals surface area contributed by atoms with Gasteiger partial charge < -0.3 is 10.1 Å². The summed E-state index contributed by atoms with van der Waals surface area (Å²) < 4.78 is 28.9. The van der Waals surface area contributed by atoms with Gasteiger partial charge in [-0.05, 0) is 43.2 Å². The van der Waals surface area contributed by atoms with E-state index in [0.29, 0.717) is 17.5 Å². The molecule has 0 aliphatic heterocycles. The summed E-state index contributed by atoms with van der Waals surface area (Å²) in [6.45, 7) is -2.89. The SMILES string of the molecule is O=C(Nc1ccccc1OC(F)F)C1CC2CC2C1. The average molecular weight is 267 g/mol. The number of nitrogens with one attached hydrogen (secondary N) is 1. The van der Waals surface area contributed by atoms with Crippen molar-refractivity contribution in [2.75, 3.05) is 5.32 Å². The molecule has 5 heteroatoms. The second-order valence-corrected chi connectivity index (χ2v) is 5.29. The fourth-order valence-corrected chi connectivity index (χ4v) is 2.93. The summed E-state index contributed by atoms with van der Waals surface area (Å²) >= 11 is 0. The van der Waals surface area contributed by atoms with Crippen LogP contribution in [-0.2, 0) is 4.79 Å². The number of para-hydroxylation sites is 2. The fraction of sp³-hybridized carbons (Fsp3) is 0.500. The van der Waals surface area contributed by atoms with Crippen molar-refractivity contribution < 1.29 is 18.3 Å². The van der Waals surface area contributed by atoms with Crippen LogP contribution in [0.25, 0.3) is 0 Å². The molecule has 1 aromatic rings. The first-order valence-corrected chi connectivity index (χ1v) is 6.48. The number of hydrogen-bond acceptors (Lipinski definition) is 2. The molecule has 2 saturated carbocycles. The number of rotatable bonds is 4. The van der Waals surface area contributed by atoms with Crippen molar-refractivity contribution in [3.05, 3.63) is 24.3 Å². The quantitative estimate of drug-likeness (QED) is 0.909. The number of alkyl halides is 2. The molecule has 2 atom stereocenters. The first-order valence-electron chi connectivity index (χ1n) is 6.48. The minimum absolute atomic E-state index is 0.00834. The van der Waals surface area contributed by atoms with Gasteiger partial charge in [-0.2, -0.15) is 8.78 Å². The molecule has 1 amide bonds. The summed E-state index contributed by atoms with van der Waals surface area (Å²) in [6, 6.07) is 6.28. The van der Waals surface area contributed by atoms with E-state index in [-0.39, 0.29) is 17.6 Å². The van der Waals surface area contributed by atoms with Crippen LogP contribution < -0.4 is 10.1 Å². The van der Waals surface area contributed by atoms with E-state index in [9.17, 15) is 13.6 Å². The summed E-state index contributed by atoms with van der Waals surface area (Å²) in [5, 5.41) is 2.70. The van der Waals surface area contributed by atoms with E-state index < -0.39 is 6.61 Å². The van der Waals surface area contributed by atoms with E-state index in [4.69, 9.17) is 0 Å². The Morgan fingerprint density at radius 2 is 1.89 bits per heavy atom. The minimum atomic E-state index is -2.89. The van der Waals surface area contributed by atoms with Gasteiger partial charge in [0.15, 0.2) is 0 Å². The molecule has 3 rings (SSSR count). The third-order valence-electron chi connectivity index (χ3n) is 3.98. The van der Waals surface area contributed by atoms with Gasteiger partial charge in [0.1, 0.15) is 5.75 Å². The van der Waals surface area contributed by atoms with Gasteiger partial charge in [-0.1, -0.05) is 12.1 Å². The van der Waals surface area contributed by atoms with Gasteiger partial charge in [-0.25, -0.2) is 0 Å². The Morgan fingerprint density at radius 3 is 2.58 bits per heavy atom. The third kappa shape index (κ3) is 2.69. The molecule has 0 spiro atoms. The van der Waals surface area contributed by atoms with Crippen molar-refractivity contribution in [2.24, 2.45) is 17.8 Å². The molecular formula is C14H15F2NO2. The Bertz CT molecular complexity index is 482. The Balaban J connectivity index is 1.66. The maximum absolute atomic E-state index is 12.3. The van der Waals surface area contributed by atoms with Crippen LogP contribution in [0.3, 0.4) is 0 Å². The van der Waals surface area contributed by atoms with E-state index >= 15 is 0 Å². The number of halogens is 2. The number of fused-ring (bicyclic) bond motifs is 1. The van der Waals surface area contributed by atoms with Crippen LogP contribution in [-0.4, -0.2) is 12.5 Å². The molecule has 3 nitrogen and oxygen atoms in total. The summed E-state index contributed by atoms with van der Waals surface area (Å²) in [5.74, 6) is 1.36. The van der Waals surface area contributed by atoms with Gasteiger partial charge in [0.25, 0.3) is 0 Å². The van der Waals surface area contributed by atoms with Crippen molar-refractivity contribution in [3.8, 4) is 5.75 Å². The lowest BCUT2D eigenvalue weighted by atomic mass is 10.0. The zero-order valence-corrected chi connectivity index (χ0v) is 10.3. The van der Waals surface area contributed by atoms with Crippen LogP contribution in [0.5, 0.6) is 5.75 Å². The Morgan fingerprint density at radius 1 is 1.21 bits per heavy atom. The maximum atomic E-state index is 12.3. The van der Waals surface area contributed by atoms with Crippen molar-refractivity contribution in [1.29, 1.82) is 0 Å². The minimum Gasteiger partial charge on any atom is -0.433 e. The largest absolute Gasteiger partial charge is 0.433 e. The van der Waals surface area contributed by atoms with E-state index in [2.05, 4.69) is 10.1 Å². The zero-order chi connectivity index (χ0) is 13.4. The van der Waals surface area contributed by atoms with Gasteiger partial charge in [0.2, 0.25) is 5.91 Å². The number of ether oxygens (including phenoxy) is 1. The number of amides is 1. The monoisotopic (exact) mass is 267 g/mol.